The molecule has 0 aliphatic rings. The normalized spacial score (nSPS) is 11.8. The van der Waals surface area contributed by atoms with Gasteiger partial charge < -0.3 is 0 Å². The first-order valence-electron chi connectivity index (χ1n) is 16.7. The van der Waals surface area contributed by atoms with Crippen LogP contribution in [0.15, 0.2) is 182 Å². The van der Waals surface area contributed by atoms with Crippen LogP contribution < -0.4 is 0 Å². The highest BCUT2D eigenvalue weighted by molar-refractivity contribution is 6.41. The third-order valence-electron chi connectivity index (χ3n) is 10.2. The van der Waals surface area contributed by atoms with Gasteiger partial charge in [-0.2, -0.15) is 0 Å². The summed E-state index contributed by atoms with van der Waals surface area (Å²) in [5.74, 6) is 0. The molecule has 0 aliphatic heterocycles. The van der Waals surface area contributed by atoms with E-state index in [9.17, 15) is 0 Å². The topological polar surface area (TPSA) is 0 Å². The first-order valence-corrected chi connectivity index (χ1v) is 16.7. The van der Waals surface area contributed by atoms with Crippen LogP contribution in [-0.4, -0.2) is 0 Å². The highest BCUT2D eigenvalue weighted by atomic mass is 14.3. The van der Waals surface area contributed by atoms with E-state index >= 15 is 0 Å². The van der Waals surface area contributed by atoms with Crippen molar-refractivity contribution >= 4 is 53.9 Å². The molecule has 222 valence electrons. The van der Waals surface area contributed by atoms with Crippen LogP contribution in [0, 0.1) is 0 Å². The molecular formula is C48H30. The average molecular weight is 607 g/mol. The molecule has 0 N–H and O–H groups in total. The second-order valence-electron chi connectivity index (χ2n) is 12.7. The molecule has 0 aliphatic carbocycles. The zero-order chi connectivity index (χ0) is 31.6. The van der Waals surface area contributed by atoms with Crippen LogP contribution in [0.3, 0.4) is 0 Å². The number of hydrogen-bond acceptors (Lipinski definition) is 0. The second kappa shape index (κ2) is 10.7. The molecule has 0 heteroatoms. The molecule has 0 amide bonds. The van der Waals surface area contributed by atoms with Gasteiger partial charge in [0.1, 0.15) is 0 Å². The van der Waals surface area contributed by atoms with Gasteiger partial charge in [0.2, 0.25) is 0 Å². The molecule has 0 spiro atoms. The van der Waals surface area contributed by atoms with E-state index < -0.39 is 0 Å². The zero-order valence-corrected chi connectivity index (χ0v) is 26.3. The van der Waals surface area contributed by atoms with Crippen LogP contribution in [0.5, 0.6) is 0 Å². The van der Waals surface area contributed by atoms with E-state index in [0.717, 1.165) is 0 Å². The first kappa shape index (κ1) is 26.9. The van der Waals surface area contributed by atoms with E-state index in [4.69, 9.17) is 0 Å². The molecular weight excluding hydrogens is 577 g/mol. The summed E-state index contributed by atoms with van der Waals surface area (Å²) in [4.78, 5) is 0. The minimum Gasteiger partial charge on any atom is -0.0622 e. The van der Waals surface area contributed by atoms with Crippen LogP contribution in [0.1, 0.15) is 0 Å². The van der Waals surface area contributed by atoms with E-state index in [1.807, 2.05) is 0 Å². The van der Waals surface area contributed by atoms with Crippen molar-refractivity contribution in [2.24, 2.45) is 0 Å². The quantitative estimate of drug-likeness (QED) is 0.138. The Morgan fingerprint density at radius 1 is 0.188 bits per heavy atom. The number of rotatable bonds is 4. The molecule has 0 radical (unpaired) electrons. The molecule has 0 bridgehead atoms. The molecule has 48 heavy (non-hydrogen) atoms. The van der Waals surface area contributed by atoms with Gasteiger partial charge in [-0.05, 0) is 98.4 Å². The maximum absolute atomic E-state index is 2.37. The predicted molar refractivity (Wildman–Crippen MR) is 207 cm³/mol. The van der Waals surface area contributed by atoms with E-state index in [0.29, 0.717) is 0 Å². The number of hydrogen-bond donors (Lipinski definition) is 0. The van der Waals surface area contributed by atoms with Crippen molar-refractivity contribution in [2.45, 2.75) is 0 Å². The zero-order valence-electron chi connectivity index (χ0n) is 26.3. The lowest BCUT2D eigenvalue weighted by molar-refractivity contribution is 1.58. The van der Waals surface area contributed by atoms with E-state index in [-0.39, 0.29) is 0 Å². The van der Waals surface area contributed by atoms with Gasteiger partial charge in [-0.3, -0.25) is 0 Å². The van der Waals surface area contributed by atoms with E-state index in [1.165, 1.54) is 98.4 Å². The van der Waals surface area contributed by atoms with Gasteiger partial charge in [0.05, 0.1) is 0 Å². The molecule has 0 nitrogen and oxygen atoms in total. The molecule has 10 aromatic carbocycles. The largest absolute Gasteiger partial charge is 0.0622 e. The summed E-state index contributed by atoms with van der Waals surface area (Å²) in [5, 5.41) is 13.1. The Labute approximate surface area is 279 Å². The lowest BCUT2D eigenvalue weighted by Gasteiger charge is -2.23. The first-order chi connectivity index (χ1) is 23.9. The maximum atomic E-state index is 2.37. The molecule has 10 aromatic rings. The van der Waals surface area contributed by atoms with Gasteiger partial charge in [-0.15, -0.1) is 0 Å². The predicted octanol–water partition coefficient (Wildman–Crippen LogP) is 13.6. The summed E-state index contributed by atoms with van der Waals surface area (Å²) >= 11 is 0. The van der Waals surface area contributed by atoms with Crippen molar-refractivity contribution in [1.82, 2.24) is 0 Å². The van der Waals surface area contributed by atoms with Gasteiger partial charge in [0, 0.05) is 0 Å². The van der Waals surface area contributed by atoms with E-state index in [1.54, 1.807) is 0 Å². The van der Waals surface area contributed by atoms with Crippen molar-refractivity contribution in [3.05, 3.63) is 182 Å². The Bertz CT molecular complexity index is 2740. The third-order valence-corrected chi connectivity index (χ3v) is 10.2. The van der Waals surface area contributed by atoms with Crippen molar-refractivity contribution < 1.29 is 0 Å². The fraction of sp³-hybridized carbons (Fsp3) is 0. The van der Waals surface area contributed by atoms with Crippen LogP contribution in [0.25, 0.3) is 98.4 Å². The number of fused-ring (bicyclic) bond motifs is 4. The molecule has 10 rings (SSSR count). The monoisotopic (exact) mass is 606 g/mol. The van der Waals surface area contributed by atoms with Crippen LogP contribution in [0.2, 0.25) is 0 Å². The van der Waals surface area contributed by atoms with Gasteiger partial charge in [0.15, 0.2) is 0 Å². The standard InChI is InChI=1S/C48H30/c1-4-15-31(16-5-1)34-29-30-43-44-37(34)25-13-26-38(44)41-27-14-28-42-46(39-21-10-11-22-40(39)48(43)47(41)42)45-35(32-17-6-2-7-18-32)23-12-24-36(45)33-19-8-3-9-20-33/h1-30H. The Morgan fingerprint density at radius 2 is 0.604 bits per heavy atom. The van der Waals surface area contributed by atoms with Crippen molar-refractivity contribution in [1.29, 1.82) is 0 Å². The Kier molecular flexibility index (Phi) is 5.98. The van der Waals surface area contributed by atoms with E-state index in [2.05, 4.69) is 182 Å². The highest BCUT2D eigenvalue weighted by Gasteiger charge is 2.23. The molecule has 0 unspecified atom stereocenters. The number of benzene rings is 10. The van der Waals surface area contributed by atoms with Crippen LogP contribution in [0.4, 0.5) is 0 Å². The molecule has 0 atom stereocenters. The Hall–Kier alpha value is -6.24. The van der Waals surface area contributed by atoms with Gasteiger partial charge in [0.25, 0.3) is 0 Å². The van der Waals surface area contributed by atoms with Crippen molar-refractivity contribution in [3.8, 4) is 44.5 Å². The Balaban J connectivity index is 1.42. The Morgan fingerprint density at radius 3 is 1.23 bits per heavy atom. The van der Waals surface area contributed by atoms with Crippen molar-refractivity contribution in [3.63, 3.8) is 0 Å². The molecule has 0 saturated carbocycles. The molecule has 0 heterocycles. The molecule has 0 fully saturated rings. The maximum Gasteiger partial charge on any atom is -0.00137 e. The highest BCUT2D eigenvalue weighted by Crippen LogP contribution is 2.51. The van der Waals surface area contributed by atoms with Crippen LogP contribution in [-0.2, 0) is 0 Å². The second-order valence-corrected chi connectivity index (χ2v) is 12.7. The summed E-state index contributed by atoms with van der Waals surface area (Å²) in [6.45, 7) is 0. The minimum atomic E-state index is 1.22. The summed E-state index contributed by atoms with van der Waals surface area (Å²) in [5.41, 5.74) is 10.0. The summed E-state index contributed by atoms with van der Waals surface area (Å²) < 4.78 is 0. The summed E-state index contributed by atoms with van der Waals surface area (Å²) in [7, 11) is 0. The fourth-order valence-corrected chi connectivity index (χ4v) is 8.25. The minimum absolute atomic E-state index is 1.22. The van der Waals surface area contributed by atoms with Gasteiger partial charge in [-0.1, -0.05) is 182 Å². The summed E-state index contributed by atoms with van der Waals surface area (Å²) in [6.07, 6.45) is 0. The smallest absolute Gasteiger partial charge is 0.00137 e. The molecule has 0 saturated heterocycles. The van der Waals surface area contributed by atoms with Gasteiger partial charge >= 0.3 is 0 Å². The average Bonchev–Trinajstić information content (AvgIpc) is 3.17. The summed E-state index contributed by atoms with van der Waals surface area (Å²) in [6, 6.07) is 66.9. The van der Waals surface area contributed by atoms with Crippen LogP contribution >= 0.6 is 0 Å². The lowest BCUT2D eigenvalue weighted by atomic mass is 9.79. The third kappa shape index (κ3) is 3.90. The molecule has 0 aromatic heterocycles. The SMILES string of the molecule is c1ccc(-c2cccc(-c3ccccc3)c2-c2c3ccccc3c3c4ccc(-c5ccccc5)c5cccc(c6cccc2c63)c54)cc1. The lowest BCUT2D eigenvalue weighted by Crippen LogP contribution is -1.96. The van der Waals surface area contributed by atoms with Gasteiger partial charge in [-0.25, -0.2) is 0 Å². The fourth-order valence-electron chi connectivity index (χ4n) is 8.25. The van der Waals surface area contributed by atoms with Crippen molar-refractivity contribution in [2.75, 3.05) is 0 Å².